The van der Waals surface area contributed by atoms with Crippen LogP contribution < -0.4 is 9.47 Å². The van der Waals surface area contributed by atoms with Crippen molar-refractivity contribution in [1.82, 2.24) is 0 Å². The van der Waals surface area contributed by atoms with Crippen LogP contribution in [0.5, 0.6) is 11.5 Å². The van der Waals surface area contributed by atoms with Crippen LogP contribution in [0.15, 0.2) is 71.4 Å². The molecular weight excluding hydrogens is 497 g/mol. The normalized spacial score (nSPS) is 14.2. The monoisotopic (exact) mass is 515 g/mol. The summed E-state index contributed by atoms with van der Waals surface area (Å²) in [5.41, 5.74) is 2.45. The maximum atomic E-state index is 12.4. The van der Waals surface area contributed by atoms with Crippen molar-refractivity contribution in [2.24, 2.45) is 4.99 Å². The minimum absolute atomic E-state index is 0.123. The number of hydrogen-bond acceptors (Lipinski definition) is 5. The van der Waals surface area contributed by atoms with Crippen LogP contribution in [0.2, 0.25) is 15.1 Å². The van der Waals surface area contributed by atoms with Gasteiger partial charge in [0.1, 0.15) is 0 Å². The molecule has 0 aromatic heterocycles. The molecular formula is C26H20Cl3NO4. The lowest BCUT2D eigenvalue weighted by molar-refractivity contribution is -0.129. The van der Waals surface area contributed by atoms with E-state index >= 15 is 0 Å². The molecule has 0 atom stereocenters. The first-order valence-corrected chi connectivity index (χ1v) is 11.7. The van der Waals surface area contributed by atoms with Gasteiger partial charge in [0.2, 0.25) is 5.90 Å². The van der Waals surface area contributed by atoms with Crippen LogP contribution in [0.3, 0.4) is 0 Å². The Morgan fingerprint density at radius 2 is 1.74 bits per heavy atom. The van der Waals surface area contributed by atoms with E-state index in [2.05, 4.69) is 4.99 Å². The van der Waals surface area contributed by atoms with E-state index in [4.69, 9.17) is 49.0 Å². The third-order valence-corrected chi connectivity index (χ3v) is 5.92. The number of esters is 1. The summed E-state index contributed by atoms with van der Waals surface area (Å²) in [6.07, 6.45) is 2.31. The molecule has 0 amide bonds. The fourth-order valence-electron chi connectivity index (χ4n) is 3.31. The topological polar surface area (TPSA) is 57.1 Å². The number of aliphatic imine (C=N–C) groups is 1. The van der Waals surface area contributed by atoms with Gasteiger partial charge in [0.25, 0.3) is 0 Å². The molecule has 0 spiro atoms. The van der Waals surface area contributed by atoms with E-state index < -0.39 is 5.97 Å². The summed E-state index contributed by atoms with van der Waals surface area (Å²) in [7, 11) is 0. The molecule has 0 aliphatic carbocycles. The third kappa shape index (κ3) is 5.73. The summed E-state index contributed by atoms with van der Waals surface area (Å²) >= 11 is 18.5. The van der Waals surface area contributed by atoms with Crippen LogP contribution in [-0.2, 0) is 16.0 Å². The van der Waals surface area contributed by atoms with Crippen molar-refractivity contribution in [3.8, 4) is 11.5 Å². The van der Waals surface area contributed by atoms with Gasteiger partial charge in [-0.2, -0.15) is 0 Å². The van der Waals surface area contributed by atoms with Gasteiger partial charge in [-0.3, -0.25) is 0 Å². The molecule has 8 heteroatoms. The molecule has 0 fully saturated rings. The largest absolute Gasteiger partial charge is 0.490 e. The number of hydrogen-bond donors (Lipinski definition) is 0. The fraction of sp³-hybridized carbons (Fsp3) is 0.154. The van der Waals surface area contributed by atoms with Crippen molar-refractivity contribution >= 4 is 52.7 Å². The van der Waals surface area contributed by atoms with E-state index in [0.717, 1.165) is 12.0 Å². The quantitative estimate of drug-likeness (QED) is 0.239. The molecule has 0 radical (unpaired) electrons. The maximum Gasteiger partial charge on any atom is 0.363 e. The van der Waals surface area contributed by atoms with Gasteiger partial charge in [-0.25, -0.2) is 9.79 Å². The Morgan fingerprint density at radius 1 is 0.941 bits per heavy atom. The summed E-state index contributed by atoms with van der Waals surface area (Å²) in [6.45, 7) is 2.73. The van der Waals surface area contributed by atoms with Crippen molar-refractivity contribution < 1.29 is 19.0 Å². The maximum absolute atomic E-state index is 12.4. The van der Waals surface area contributed by atoms with Crippen molar-refractivity contribution in [1.29, 1.82) is 0 Å². The molecule has 0 bridgehead atoms. The smallest absolute Gasteiger partial charge is 0.363 e. The van der Waals surface area contributed by atoms with Crippen molar-refractivity contribution in [3.05, 3.63) is 98.1 Å². The fourth-order valence-corrected chi connectivity index (χ4v) is 3.88. The Balaban J connectivity index is 1.57. The molecule has 1 aliphatic heterocycles. The SMILES string of the molecule is CCOc1cc(/C=C2\N=C(c3ccc(Cl)c(Cl)c3)OC2=O)cc(Cl)c1OCCc1ccccc1. The second-order valence-corrected chi connectivity index (χ2v) is 8.53. The molecule has 34 heavy (non-hydrogen) atoms. The first-order valence-electron chi connectivity index (χ1n) is 10.6. The minimum Gasteiger partial charge on any atom is -0.490 e. The van der Waals surface area contributed by atoms with Crippen molar-refractivity contribution in [3.63, 3.8) is 0 Å². The zero-order chi connectivity index (χ0) is 24.1. The average Bonchev–Trinajstić information content (AvgIpc) is 3.18. The molecule has 0 unspecified atom stereocenters. The zero-order valence-corrected chi connectivity index (χ0v) is 20.5. The number of rotatable bonds is 8. The average molecular weight is 517 g/mol. The van der Waals surface area contributed by atoms with Gasteiger partial charge in [-0.05, 0) is 54.5 Å². The summed E-state index contributed by atoms with van der Waals surface area (Å²) in [5, 5.41) is 1.10. The van der Waals surface area contributed by atoms with Gasteiger partial charge in [-0.15, -0.1) is 0 Å². The summed E-state index contributed by atoms with van der Waals surface area (Å²) in [6, 6.07) is 18.3. The lowest BCUT2D eigenvalue weighted by Gasteiger charge is -2.14. The Labute approximate surface area is 212 Å². The van der Waals surface area contributed by atoms with E-state index in [1.165, 1.54) is 0 Å². The van der Waals surface area contributed by atoms with E-state index in [1.807, 2.05) is 37.3 Å². The van der Waals surface area contributed by atoms with Crippen LogP contribution in [0.4, 0.5) is 0 Å². The van der Waals surface area contributed by atoms with Crippen LogP contribution in [0, 0.1) is 0 Å². The number of carbonyl (C=O) groups excluding carboxylic acids is 1. The predicted molar refractivity (Wildman–Crippen MR) is 135 cm³/mol. The van der Waals surface area contributed by atoms with Crippen LogP contribution in [-0.4, -0.2) is 25.1 Å². The van der Waals surface area contributed by atoms with Gasteiger partial charge >= 0.3 is 5.97 Å². The highest BCUT2D eigenvalue weighted by atomic mass is 35.5. The molecule has 5 nitrogen and oxygen atoms in total. The van der Waals surface area contributed by atoms with Gasteiger partial charge in [0.15, 0.2) is 17.2 Å². The minimum atomic E-state index is -0.585. The first-order chi connectivity index (χ1) is 16.4. The number of benzene rings is 3. The highest BCUT2D eigenvalue weighted by Gasteiger charge is 2.25. The van der Waals surface area contributed by atoms with Crippen LogP contribution in [0.1, 0.15) is 23.6 Å². The number of ether oxygens (including phenoxy) is 3. The Bertz CT molecular complexity index is 1270. The molecule has 0 saturated heterocycles. The molecule has 1 heterocycles. The second kappa shape index (κ2) is 11.0. The highest BCUT2D eigenvalue weighted by molar-refractivity contribution is 6.42. The van der Waals surface area contributed by atoms with Crippen LogP contribution in [0.25, 0.3) is 6.08 Å². The van der Waals surface area contributed by atoms with Gasteiger partial charge in [0.05, 0.1) is 28.3 Å². The lowest BCUT2D eigenvalue weighted by atomic mass is 10.1. The Kier molecular flexibility index (Phi) is 7.78. The molecule has 1 aliphatic rings. The first kappa shape index (κ1) is 24.1. The molecule has 174 valence electrons. The summed E-state index contributed by atoms with van der Waals surface area (Å²) < 4.78 is 17.0. The van der Waals surface area contributed by atoms with E-state index in [0.29, 0.717) is 50.9 Å². The number of cyclic esters (lactones) is 1. The van der Waals surface area contributed by atoms with E-state index in [-0.39, 0.29) is 11.6 Å². The molecule has 4 rings (SSSR count). The molecule has 0 saturated carbocycles. The van der Waals surface area contributed by atoms with Gasteiger partial charge in [0, 0.05) is 12.0 Å². The highest BCUT2D eigenvalue weighted by Crippen LogP contribution is 2.38. The molecule has 3 aromatic carbocycles. The van der Waals surface area contributed by atoms with E-state index in [9.17, 15) is 4.79 Å². The van der Waals surface area contributed by atoms with Crippen molar-refractivity contribution in [2.75, 3.05) is 13.2 Å². The summed E-state index contributed by atoms with van der Waals surface area (Å²) in [4.78, 5) is 16.7. The zero-order valence-electron chi connectivity index (χ0n) is 18.2. The standard InChI is InChI=1S/C26H20Cl3NO4/c1-2-32-23-14-17(12-21(29)24(23)33-11-10-16-6-4-3-5-7-16)13-22-26(31)34-25(30-22)18-8-9-19(27)20(28)15-18/h3-9,12-15H,2,10-11H2,1H3/b22-13-. The van der Waals surface area contributed by atoms with Crippen molar-refractivity contribution in [2.45, 2.75) is 13.3 Å². The van der Waals surface area contributed by atoms with E-state index in [1.54, 1.807) is 36.4 Å². The van der Waals surface area contributed by atoms with Gasteiger partial charge in [-0.1, -0.05) is 65.1 Å². The number of carbonyl (C=O) groups is 1. The third-order valence-electron chi connectivity index (χ3n) is 4.90. The Morgan fingerprint density at radius 3 is 2.47 bits per heavy atom. The second-order valence-electron chi connectivity index (χ2n) is 7.31. The summed E-state index contributed by atoms with van der Waals surface area (Å²) in [5.74, 6) is 0.496. The molecule has 3 aromatic rings. The number of halogens is 3. The molecule has 0 N–H and O–H groups in total. The van der Waals surface area contributed by atoms with Crippen LogP contribution >= 0.6 is 34.8 Å². The van der Waals surface area contributed by atoms with Gasteiger partial charge < -0.3 is 14.2 Å². The number of nitrogens with zero attached hydrogens (tertiary/aromatic N) is 1. The lowest BCUT2D eigenvalue weighted by Crippen LogP contribution is -2.05. The predicted octanol–water partition coefficient (Wildman–Crippen LogP) is 7.01. The Hall–Kier alpha value is -2.99.